The fourth-order valence-electron chi connectivity index (χ4n) is 5.26. The molecule has 1 N–H and O–H groups in total. The van der Waals surface area contributed by atoms with E-state index in [2.05, 4.69) is 10.4 Å². The van der Waals surface area contributed by atoms with Gasteiger partial charge in [-0.25, -0.2) is 17.9 Å². The van der Waals surface area contributed by atoms with E-state index < -0.39 is 15.9 Å². The molecule has 10 heteroatoms. The molecule has 1 amide bonds. The number of piperidine rings is 1. The Bertz CT molecular complexity index is 1670. The monoisotopic (exact) mass is 547 g/mol. The van der Waals surface area contributed by atoms with Crippen LogP contribution < -0.4 is 10.1 Å². The molecule has 0 radical (unpaired) electrons. The number of aromatic nitrogens is 3. The van der Waals surface area contributed by atoms with Crippen LogP contribution in [-0.2, 0) is 10.0 Å². The summed E-state index contributed by atoms with van der Waals surface area (Å²) in [5.74, 6) is -0.156. The Morgan fingerprint density at radius 2 is 1.64 bits per heavy atom. The van der Waals surface area contributed by atoms with Gasteiger partial charge in [-0.15, -0.1) is 0 Å². The zero-order valence-electron chi connectivity index (χ0n) is 22.9. The van der Waals surface area contributed by atoms with Crippen molar-refractivity contribution in [2.75, 3.05) is 25.5 Å². The summed E-state index contributed by atoms with van der Waals surface area (Å²) in [5, 5.41) is 7.62. The van der Waals surface area contributed by atoms with Gasteiger partial charge in [0.1, 0.15) is 10.6 Å². The Kier molecular flexibility index (Phi) is 7.17. The standard InChI is InChI=1S/C29H33N5O4S/c1-18-13-19(2)15-23(14-18)31-29(35)27-26(28-30-20(3)16-21(4)34(28)32-27)22-9-10-24(38-5)25(17-22)39(36,37)33-11-7-6-8-12-33/h9-10,13-17H,6-8,11-12H2,1-5H3,(H,31,35). The highest BCUT2D eigenvalue weighted by atomic mass is 32.2. The van der Waals surface area contributed by atoms with Crippen LogP contribution in [-0.4, -0.2) is 53.4 Å². The Morgan fingerprint density at radius 1 is 0.949 bits per heavy atom. The molecule has 0 atom stereocenters. The highest BCUT2D eigenvalue weighted by Gasteiger charge is 2.31. The van der Waals surface area contributed by atoms with Crippen molar-refractivity contribution in [2.24, 2.45) is 0 Å². The van der Waals surface area contributed by atoms with E-state index in [4.69, 9.17) is 9.72 Å². The Hall–Kier alpha value is -3.76. The third kappa shape index (κ3) is 5.14. The first-order valence-corrected chi connectivity index (χ1v) is 14.5. The number of benzene rings is 2. The smallest absolute Gasteiger partial charge is 0.276 e. The van der Waals surface area contributed by atoms with E-state index in [-0.39, 0.29) is 16.3 Å². The Balaban J connectivity index is 1.69. The predicted octanol–water partition coefficient (Wildman–Crippen LogP) is 5.07. The fraction of sp³-hybridized carbons (Fsp3) is 0.345. The van der Waals surface area contributed by atoms with Crippen LogP contribution >= 0.6 is 0 Å². The van der Waals surface area contributed by atoms with Crippen molar-refractivity contribution in [3.63, 3.8) is 0 Å². The summed E-state index contributed by atoms with van der Waals surface area (Å²) in [7, 11) is -2.36. The number of fused-ring (bicyclic) bond motifs is 1. The molecular formula is C29H33N5O4S. The maximum absolute atomic E-state index is 13.7. The second-order valence-electron chi connectivity index (χ2n) is 10.2. The number of aryl methyl sites for hydroxylation is 4. The average molecular weight is 548 g/mol. The second-order valence-corrected chi connectivity index (χ2v) is 12.1. The van der Waals surface area contributed by atoms with E-state index in [0.717, 1.165) is 41.8 Å². The number of nitrogens with zero attached hydrogens (tertiary/aromatic N) is 4. The molecule has 0 bridgehead atoms. The lowest BCUT2D eigenvalue weighted by Gasteiger charge is -2.26. The third-order valence-electron chi connectivity index (χ3n) is 6.97. The third-order valence-corrected chi connectivity index (χ3v) is 8.89. The quantitative estimate of drug-likeness (QED) is 0.362. The number of nitrogens with one attached hydrogen (secondary N) is 1. The molecule has 0 saturated carbocycles. The van der Waals surface area contributed by atoms with Gasteiger partial charge >= 0.3 is 0 Å². The van der Waals surface area contributed by atoms with Crippen LogP contribution in [0.1, 0.15) is 52.3 Å². The van der Waals surface area contributed by atoms with Gasteiger partial charge in [-0.1, -0.05) is 18.6 Å². The van der Waals surface area contributed by atoms with Crippen LogP contribution in [0, 0.1) is 27.7 Å². The van der Waals surface area contributed by atoms with Gasteiger partial charge in [0, 0.05) is 30.2 Å². The fourth-order valence-corrected chi connectivity index (χ4v) is 6.96. The summed E-state index contributed by atoms with van der Waals surface area (Å²) in [6.07, 6.45) is 2.65. The number of hydrogen-bond donors (Lipinski definition) is 1. The molecule has 9 nitrogen and oxygen atoms in total. The van der Waals surface area contributed by atoms with E-state index in [1.165, 1.54) is 11.4 Å². The van der Waals surface area contributed by atoms with Gasteiger partial charge in [0.05, 0.1) is 12.7 Å². The summed E-state index contributed by atoms with van der Waals surface area (Å²) < 4.78 is 36.0. The maximum Gasteiger partial charge on any atom is 0.276 e. The van der Waals surface area contributed by atoms with Crippen molar-refractivity contribution < 1.29 is 17.9 Å². The minimum Gasteiger partial charge on any atom is -0.495 e. The minimum absolute atomic E-state index is 0.0637. The molecule has 0 aliphatic carbocycles. The van der Waals surface area contributed by atoms with Gasteiger partial charge < -0.3 is 10.1 Å². The summed E-state index contributed by atoms with van der Waals surface area (Å²) in [6.45, 7) is 8.64. The molecule has 1 aliphatic heterocycles. The van der Waals surface area contributed by atoms with Crippen molar-refractivity contribution in [1.82, 2.24) is 18.9 Å². The van der Waals surface area contributed by atoms with Crippen LogP contribution in [0.25, 0.3) is 16.8 Å². The first-order valence-electron chi connectivity index (χ1n) is 13.0. The van der Waals surface area contributed by atoms with Crippen molar-refractivity contribution in [3.8, 4) is 16.9 Å². The van der Waals surface area contributed by atoms with Crippen LogP contribution in [0.3, 0.4) is 0 Å². The number of carbonyl (C=O) groups excluding carboxylic acids is 1. The number of rotatable bonds is 6. The highest BCUT2D eigenvalue weighted by Crippen LogP contribution is 2.36. The number of ether oxygens (including phenoxy) is 1. The molecule has 5 rings (SSSR count). The summed E-state index contributed by atoms with van der Waals surface area (Å²) >= 11 is 0. The maximum atomic E-state index is 13.7. The minimum atomic E-state index is -3.82. The first kappa shape index (κ1) is 26.8. The first-order chi connectivity index (χ1) is 18.6. The number of sulfonamides is 1. The van der Waals surface area contributed by atoms with E-state index in [9.17, 15) is 13.2 Å². The van der Waals surface area contributed by atoms with E-state index in [0.29, 0.717) is 35.6 Å². The molecule has 1 aliphatic rings. The van der Waals surface area contributed by atoms with Crippen LogP contribution in [0.4, 0.5) is 5.69 Å². The van der Waals surface area contributed by atoms with Gasteiger partial charge in [0.15, 0.2) is 11.3 Å². The number of hydrogen-bond acceptors (Lipinski definition) is 6. The number of carbonyl (C=O) groups is 1. The molecule has 39 heavy (non-hydrogen) atoms. The van der Waals surface area contributed by atoms with Crippen LogP contribution in [0.5, 0.6) is 5.75 Å². The topological polar surface area (TPSA) is 106 Å². The molecular weight excluding hydrogens is 514 g/mol. The summed E-state index contributed by atoms with van der Waals surface area (Å²) in [4.78, 5) is 18.5. The van der Waals surface area contributed by atoms with Crippen molar-refractivity contribution in [1.29, 1.82) is 0 Å². The summed E-state index contributed by atoms with van der Waals surface area (Å²) in [6, 6.07) is 12.7. The van der Waals surface area contributed by atoms with Crippen LogP contribution in [0.2, 0.25) is 0 Å². The van der Waals surface area contributed by atoms with E-state index >= 15 is 0 Å². The molecule has 2 aromatic carbocycles. The molecule has 4 aromatic rings. The molecule has 1 saturated heterocycles. The molecule has 204 valence electrons. The molecule has 1 fully saturated rings. The zero-order valence-corrected chi connectivity index (χ0v) is 23.7. The number of anilines is 1. The number of methoxy groups -OCH3 is 1. The normalized spacial score (nSPS) is 14.5. The van der Waals surface area contributed by atoms with E-state index in [1.807, 2.05) is 52.0 Å². The van der Waals surface area contributed by atoms with Crippen molar-refractivity contribution in [3.05, 3.63) is 70.7 Å². The second kappa shape index (κ2) is 10.4. The molecule has 0 unspecified atom stereocenters. The lowest BCUT2D eigenvalue weighted by Crippen LogP contribution is -2.35. The van der Waals surface area contributed by atoms with Crippen molar-refractivity contribution in [2.45, 2.75) is 51.9 Å². The number of amides is 1. The highest BCUT2D eigenvalue weighted by molar-refractivity contribution is 7.89. The molecule has 2 aromatic heterocycles. The van der Waals surface area contributed by atoms with Gasteiger partial charge in [-0.2, -0.15) is 9.40 Å². The Morgan fingerprint density at radius 3 is 2.31 bits per heavy atom. The van der Waals surface area contributed by atoms with Crippen molar-refractivity contribution >= 4 is 27.3 Å². The lowest BCUT2D eigenvalue weighted by molar-refractivity contribution is 0.102. The Labute approximate surface area is 228 Å². The molecule has 3 heterocycles. The largest absolute Gasteiger partial charge is 0.495 e. The van der Waals surface area contributed by atoms with Gasteiger partial charge in [0.25, 0.3) is 5.91 Å². The average Bonchev–Trinajstić information content (AvgIpc) is 3.28. The van der Waals surface area contributed by atoms with Gasteiger partial charge in [-0.05, 0) is 87.6 Å². The lowest BCUT2D eigenvalue weighted by atomic mass is 10.0. The summed E-state index contributed by atoms with van der Waals surface area (Å²) in [5.41, 5.74) is 5.88. The zero-order chi connectivity index (χ0) is 27.9. The predicted molar refractivity (Wildman–Crippen MR) is 151 cm³/mol. The molecule has 0 spiro atoms. The van der Waals surface area contributed by atoms with Gasteiger partial charge in [-0.3, -0.25) is 4.79 Å². The SMILES string of the molecule is COc1ccc(-c2c(C(=O)Nc3cc(C)cc(C)c3)nn3c(C)cc(C)nc23)cc1S(=O)(=O)N1CCCCC1. The van der Waals surface area contributed by atoms with Gasteiger partial charge in [0.2, 0.25) is 10.0 Å². The van der Waals surface area contributed by atoms with E-state index in [1.54, 1.807) is 22.7 Å². The van der Waals surface area contributed by atoms with Crippen LogP contribution in [0.15, 0.2) is 47.4 Å².